The highest BCUT2D eigenvalue weighted by atomic mass is 32.1. The molecule has 102 valence electrons. The summed E-state index contributed by atoms with van der Waals surface area (Å²) < 4.78 is 18.1. The number of hydrogen-bond acceptors (Lipinski definition) is 3. The molecular weight excluding hydrogens is 261 g/mol. The van der Waals surface area contributed by atoms with Crippen molar-refractivity contribution in [1.29, 1.82) is 0 Å². The van der Waals surface area contributed by atoms with Crippen LogP contribution in [0.4, 0.5) is 4.39 Å². The fourth-order valence-corrected chi connectivity index (χ4v) is 2.61. The van der Waals surface area contributed by atoms with Gasteiger partial charge in [-0.1, -0.05) is 18.2 Å². The molecule has 2 nitrogen and oxygen atoms in total. The second-order valence-corrected chi connectivity index (χ2v) is 5.38. The molecule has 0 fully saturated rings. The maximum atomic E-state index is 13.0. The first-order valence-corrected chi connectivity index (χ1v) is 7.17. The molecule has 0 spiro atoms. The number of nitrogens with one attached hydrogen (secondary N) is 1. The summed E-state index contributed by atoms with van der Waals surface area (Å²) in [5, 5.41) is 5.57. The van der Waals surface area contributed by atoms with Crippen LogP contribution in [-0.2, 0) is 11.3 Å². The monoisotopic (exact) mass is 279 g/mol. The van der Waals surface area contributed by atoms with Crippen molar-refractivity contribution in [2.24, 2.45) is 0 Å². The standard InChI is InChI=1S/C15H18FNOS/c1-18-9-8-15(12-4-6-13(16)7-5-12)17-11-14-3-2-10-19-14/h2-7,10,15,17H,8-9,11H2,1H3. The van der Waals surface area contributed by atoms with Crippen LogP contribution < -0.4 is 5.32 Å². The average Bonchev–Trinajstić information content (AvgIpc) is 2.93. The van der Waals surface area contributed by atoms with E-state index in [9.17, 15) is 4.39 Å². The first-order chi connectivity index (χ1) is 9.29. The fourth-order valence-electron chi connectivity index (χ4n) is 1.95. The third-order valence-electron chi connectivity index (χ3n) is 2.99. The van der Waals surface area contributed by atoms with Crippen LogP contribution >= 0.6 is 11.3 Å². The van der Waals surface area contributed by atoms with Gasteiger partial charge in [0, 0.05) is 31.2 Å². The predicted molar refractivity (Wildman–Crippen MR) is 76.8 cm³/mol. The summed E-state index contributed by atoms with van der Waals surface area (Å²) in [5.41, 5.74) is 1.09. The van der Waals surface area contributed by atoms with Crippen LogP contribution in [-0.4, -0.2) is 13.7 Å². The minimum atomic E-state index is -0.201. The van der Waals surface area contributed by atoms with Gasteiger partial charge in [0.1, 0.15) is 5.82 Å². The molecule has 1 unspecified atom stereocenters. The highest BCUT2D eigenvalue weighted by Gasteiger charge is 2.11. The summed E-state index contributed by atoms with van der Waals surface area (Å²) in [7, 11) is 1.70. The zero-order valence-electron chi connectivity index (χ0n) is 10.9. The Kier molecular flexibility index (Phi) is 5.51. The van der Waals surface area contributed by atoms with E-state index in [0.717, 1.165) is 18.5 Å². The average molecular weight is 279 g/mol. The van der Waals surface area contributed by atoms with E-state index in [1.165, 1.54) is 17.0 Å². The maximum absolute atomic E-state index is 13.0. The maximum Gasteiger partial charge on any atom is 0.123 e. The largest absolute Gasteiger partial charge is 0.385 e. The van der Waals surface area contributed by atoms with Gasteiger partial charge in [0.2, 0.25) is 0 Å². The third-order valence-corrected chi connectivity index (χ3v) is 3.86. The summed E-state index contributed by atoms with van der Waals surface area (Å²) >= 11 is 1.73. The van der Waals surface area contributed by atoms with Crippen LogP contribution in [0.5, 0.6) is 0 Å². The molecule has 1 aromatic heterocycles. The van der Waals surface area contributed by atoms with Crippen molar-refractivity contribution >= 4 is 11.3 Å². The molecule has 1 heterocycles. The lowest BCUT2D eigenvalue weighted by atomic mass is 10.0. The van der Waals surface area contributed by atoms with Crippen molar-refractivity contribution in [3.63, 3.8) is 0 Å². The first kappa shape index (κ1) is 14.2. The van der Waals surface area contributed by atoms with Gasteiger partial charge in [-0.25, -0.2) is 4.39 Å². The number of thiophene rings is 1. The number of rotatable bonds is 7. The summed E-state index contributed by atoms with van der Waals surface area (Å²) in [6.45, 7) is 1.50. The molecule has 0 saturated carbocycles. The van der Waals surface area contributed by atoms with Crippen molar-refractivity contribution in [3.8, 4) is 0 Å². The Bertz CT molecular complexity index is 469. The molecule has 4 heteroatoms. The minimum absolute atomic E-state index is 0.183. The van der Waals surface area contributed by atoms with Crippen molar-refractivity contribution < 1.29 is 9.13 Å². The van der Waals surface area contributed by atoms with Gasteiger partial charge in [-0.3, -0.25) is 0 Å². The Balaban J connectivity index is 2.00. The van der Waals surface area contributed by atoms with Crippen LogP contribution in [0, 0.1) is 5.82 Å². The molecule has 0 aliphatic rings. The lowest BCUT2D eigenvalue weighted by Gasteiger charge is -2.18. The van der Waals surface area contributed by atoms with Gasteiger partial charge in [-0.15, -0.1) is 11.3 Å². The Morgan fingerprint density at radius 3 is 2.68 bits per heavy atom. The zero-order valence-corrected chi connectivity index (χ0v) is 11.8. The SMILES string of the molecule is COCCC(NCc1cccs1)c1ccc(F)cc1. The molecule has 1 atom stereocenters. The van der Waals surface area contributed by atoms with E-state index < -0.39 is 0 Å². The van der Waals surface area contributed by atoms with Crippen molar-refractivity contribution in [3.05, 3.63) is 58.0 Å². The van der Waals surface area contributed by atoms with Crippen LogP contribution in [0.1, 0.15) is 22.9 Å². The normalized spacial score (nSPS) is 12.5. The highest BCUT2D eigenvalue weighted by Crippen LogP contribution is 2.19. The van der Waals surface area contributed by atoms with Crippen molar-refractivity contribution in [2.75, 3.05) is 13.7 Å². The van der Waals surface area contributed by atoms with Gasteiger partial charge in [-0.05, 0) is 35.6 Å². The number of ether oxygens (including phenoxy) is 1. The van der Waals surface area contributed by atoms with E-state index in [1.54, 1.807) is 18.4 Å². The van der Waals surface area contributed by atoms with E-state index in [-0.39, 0.29) is 11.9 Å². The molecule has 0 bridgehead atoms. The van der Waals surface area contributed by atoms with Crippen LogP contribution in [0.15, 0.2) is 41.8 Å². The molecule has 1 aromatic carbocycles. The van der Waals surface area contributed by atoms with Gasteiger partial charge >= 0.3 is 0 Å². The van der Waals surface area contributed by atoms with Crippen molar-refractivity contribution in [1.82, 2.24) is 5.32 Å². The van der Waals surface area contributed by atoms with Gasteiger partial charge in [0.15, 0.2) is 0 Å². The molecule has 0 radical (unpaired) electrons. The van der Waals surface area contributed by atoms with E-state index in [2.05, 4.69) is 16.8 Å². The number of halogens is 1. The van der Waals surface area contributed by atoms with E-state index in [4.69, 9.17) is 4.74 Å². The molecule has 0 amide bonds. The Morgan fingerprint density at radius 2 is 2.05 bits per heavy atom. The summed E-state index contributed by atoms with van der Waals surface area (Å²) in [6, 6.07) is 11.0. The summed E-state index contributed by atoms with van der Waals surface area (Å²) in [6.07, 6.45) is 0.869. The number of methoxy groups -OCH3 is 1. The molecule has 2 rings (SSSR count). The molecule has 2 aromatic rings. The third kappa shape index (κ3) is 4.42. The number of hydrogen-bond donors (Lipinski definition) is 1. The second-order valence-electron chi connectivity index (χ2n) is 4.35. The number of benzene rings is 1. The highest BCUT2D eigenvalue weighted by molar-refractivity contribution is 7.09. The summed E-state index contributed by atoms with van der Waals surface area (Å²) in [5.74, 6) is -0.201. The predicted octanol–water partition coefficient (Wildman–Crippen LogP) is 3.75. The lowest BCUT2D eigenvalue weighted by Crippen LogP contribution is -2.21. The van der Waals surface area contributed by atoms with Gasteiger partial charge in [0.05, 0.1) is 0 Å². The Hall–Kier alpha value is -1.23. The lowest BCUT2D eigenvalue weighted by molar-refractivity contribution is 0.182. The van der Waals surface area contributed by atoms with Crippen molar-refractivity contribution in [2.45, 2.75) is 19.0 Å². The topological polar surface area (TPSA) is 21.3 Å². The van der Waals surface area contributed by atoms with Gasteiger partial charge in [0.25, 0.3) is 0 Å². The Morgan fingerprint density at radius 1 is 1.26 bits per heavy atom. The van der Waals surface area contributed by atoms with E-state index in [1.807, 2.05) is 18.2 Å². The molecule has 0 aliphatic carbocycles. The van der Waals surface area contributed by atoms with Gasteiger partial charge < -0.3 is 10.1 Å². The van der Waals surface area contributed by atoms with E-state index >= 15 is 0 Å². The Labute approximate surface area is 117 Å². The first-order valence-electron chi connectivity index (χ1n) is 6.30. The van der Waals surface area contributed by atoms with E-state index in [0.29, 0.717) is 6.61 Å². The molecule has 1 N–H and O–H groups in total. The van der Waals surface area contributed by atoms with Gasteiger partial charge in [-0.2, -0.15) is 0 Å². The summed E-state index contributed by atoms with van der Waals surface area (Å²) in [4.78, 5) is 1.30. The second kappa shape index (κ2) is 7.38. The van der Waals surface area contributed by atoms with Crippen LogP contribution in [0.25, 0.3) is 0 Å². The molecule has 0 aliphatic heterocycles. The minimum Gasteiger partial charge on any atom is -0.385 e. The molecule has 0 saturated heterocycles. The quantitative estimate of drug-likeness (QED) is 0.833. The van der Waals surface area contributed by atoms with Crippen LogP contribution in [0.3, 0.4) is 0 Å². The molecular formula is C15H18FNOS. The zero-order chi connectivity index (χ0) is 13.5. The van der Waals surface area contributed by atoms with Crippen LogP contribution in [0.2, 0.25) is 0 Å². The smallest absolute Gasteiger partial charge is 0.123 e. The molecule has 19 heavy (non-hydrogen) atoms. The fraction of sp³-hybridized carbons (Fsp3) is 0.333.